The third-order valence-electron chi connectivity index (χ3n) is 5.34. The molecule has 1 nitrogen and oxygen atoms in total. The van der Waals surface area contributed by atoms with E-state index in [1.807, 2.05) is 0 Å². The van der Waals surface area contributed by atoms with E-state index in [2.05, 4.69) is 56.3 Å². The van der Waals surface area contributed by atoms with Crippen molar-refractivity contribution < 1.29 is 4.74 Å². The van der Waals surface area contributed by atoms with E-state index in [-0.39, 0.29) is 0 Å². The maximum Gasteiger partial charge on any atom is 0.0534 e. The molecule has 0 radical (unpaired) electrons. The van der Waals surface area contributed by atoms with E-state index in [0.717, 1.165) is 13.2 Å². The SMILES string of the molecule is CC1(C)COC[C@]12CCC[C@H]2/C=C/c1ccccc1. The lowest BCUT2D eigenvalue weighted by Crippen LogP contribution is -2.39. The molecule has 3 rings (SSSR count). The van der Waals surface area contributed by atoms with Crippen LogP contribution in [0, 0.1) is 16.7 Å². The van der Waals surface area contributed by atoms with Crippen LogP contribution in [-0.4, -0.2) is 13.2 Å². The normalized spacial score (nSPS) is 33.5. The van der Waals surface area contributed by atoms with Crippen molar-refractivity contribution in [3.8, 4) is 0 Å². The highest BCUT2D eigenvalue weighted by molar-refractivity contribution is 5.49. The minimum Gasteiger partial charge on any atom is -0.380 e. The molecule has 2 aliphatic rings. The Balaban J connectivity index is 1.83. The van der Waals surface area contributed by atoms with Gasteiger partial charge >= 0.3 is 0 Å². The molecule has 1 saturated heterocycles. The third-order valence-corrected chi connectivity index (χ3v) is 5.34. The van der Waals surface area contributed by atoms with Crippen molar-refractivity contribution in [3.05, 3.63) is 42.0 Å². The Bertz CT molecular complexity index is 456. The van der Waals surface area contributed by atoms with E-state index >= 15 is 0 Å². The van der Waals surface area contributed by atoms with Crippen molar-refractivity contribution in [1.29, 1.82) is 0 Å². The largest absolute Gasteiger partial charge is 0.380 e. The first-order chi connectivity index (χ1) is 9.14. The molecule has 1 spiro atoms. The molecule has 1 aliphatic carbocycles. The average molecular weight is 256 g/mol. The molecule has 0 aromatic heterocycles. The molecule has 1 aliphatic heterocycles. The Labute approximate surface area is 116 Å². The van der Waals surface area contributed by atoms with Crippen LogP contribution in [0.5, 0.6) is 0 Å². The van der Waals surface area contributed by atoms with Crippen LogP contribution < -0.4 is 0 Å². The molecule has 19 heavy (non-hydrogen) atoms. The molecule has 2 atom stereocenters. The fourth-order valence-electron chi connectivity index (χ4n) is 4.02. The fraction of sp³-hybridized carbons (Fsp3) is 0.556. The van der Waals surface area contributed by atoms with E-state index in [1.54, 1.807) is 0 Å². The van der Waals surface area contributed by atoms with Gasteiger partial charge in [0, 0.05) is 5.41 Å². The predicted molar refractivity (Wildman–Crippen MR) is 79.9 cm³/mol. The molecule has 1 heterocycles. The van der Waals surface area contributed by atoms with Gasteiger partial charge in [-0.2, -0.15) is 0 Å². The van der Waals surface area contributed by atoms with Crippen LogP contribution in [0.15, 0.2) is 36.4 Å². The third kappa shape index (κ3) is 2.14. The number of rotatable bonds is 2. The molecule has 0 amide bonds. The second kappa shape index (κ2) is 4.79. The Hall–Kier alpha value is -1.08. The highest BCUT2D eigenvalue weighted by Gasteiger charge is 2.55. The quantitative estimate of drug-likeness (QED) is 0.754. The van der Waals surface area contributed by atoms with Crippen LogP contribution in [0.1, 0.15) is 38.7 Å². The minimum absolute atomic E-state index is 0.315. The molecule has 0 bridgehead atoms. The van der Waals surface area contributed by atoms with Gasteiger partial charge in [0.2, 0.25) is 0 Å². The highest BCUT2D eigenvalue weighted by Crippen LogP contribution is 2.58. The van der Waals surface area contributed by atoms with Crippen molar-refractivity contribution in [3.63, 3.8) is 0 Å². The van der Waals surface area contributed by atoms with E-state index in [0.29, 0.717) is 16.7 Å². The molecule has 1 aromatic carbocycles. The number of hydrogen-bond donors (Lipinski definition) is 0. The van der Waals surface area contributed by atoms with Gasteiger partial charge in [0.1, 0.15) is 0 Å². The molecular formula is C18H24O. The molecule has 2 fully saturated rings. The second-order valence-electron chi connectivity index (χ2n) is 6.80. The van der Waals surface area contributed by atoms with Gasteiger partial charge in [-0.25, -0.2) is 0 Å². The molecule has 1 saturated carbocycles. The van der Waals surface area contributed by atoms with Gasteiger partial charge < -0.3 is 4.74 Å². The van der Waals surface area contributed by atoms with Crippen LogP contribution >= 0.6 is 0 Å². The van der Waals surface area contributed by atoms with E-state index in [4.69, 9.17) is 4.74 Å². The first-order valence-electron chi connectivity index (χ1n) is 7.45. The predicted octanol–water partition coefficient (Wildman–Crippen LogP) is 4.54. The summed E-state index contributed by atoms with van der Waals surface area (Å²) >= 11 is 0. The Morgan fingerprint density at radius 3 is 2.63 bits per heavy atom. The summed E-state index contributed by atoms with van der Waals surface area (Å²) in [5.41, 5.74) is 1.99. The summed E-state index contributed by atoms with van der Waals surface area (Å²) in [6.45, 7) is 6.63. The van der Waals surface area contributed by atoms with Crippen molar-refractivity contribution >= 4 is 6.08 Å². The van der Waals surface area contributed by atoms with Crippen molar-refractivity contribution in [2.24, 2.45) is 16.7 Å². The monoisotopic (exact) mass is 256 g/mol. The summed E-state index contributed by atoms with van der Waals surface area (Å²) in [7, 11) is 0. The van der Waals surface area contributed by atoms with Gasteiger partial charge in [0.15, 0.2) is 0 Å². The van der Waals surface area contributed by atoms with Gasteiger partial charge in [0.05, 0.1) is 13.2 Å². The zero-order valence-corrected chi connectivity index (χ0v) is 12.1. The highest BCUT2D eigenvalue weighted by atomic mass is 16.5. The van der Waals surface area contributed by atoms with E-state index < -0.39 is 0 Å². The number of hydrogen-bond acceptors (Lipinski definition) is 1. The van der Waals surface area contributed by atoms with Gasteiger partial charge in [-0.15, -0.1) is 0 Å². The lowest BCUT2D eigenvalue weighted by molar-refractivity contribution is 0.100. The summed E-state index contributed by atoms with van der Waals surface area (Å²) < 4.78 is 5.85. The minimum atomic E-state index is 0.315. The lowest BCUT2D eigenvalue weighted by Gasteiger charge is -2.40. The van der Waals surface area contributed by atoms with Crippen molar-refractivity contribution in [2.75, 3.05) is 13.2 Å². The van der Waals surface area contributed by atoms with Gasteiger partial charge in [0.25, 0.3) is 0 Å². The molecule has 0 N–H and O–H groups in total. The Kier molecular flexibility index (Phi) is 3.26. The molecule has 1 heteroatoms. The van der Waals surface area contributed by atoms with Crippen LogP contribution in [0.3, 0.4) is 0 Å². The molecule has 102 valence electrons. The number of ether oxygens (including phenoxy) is 1. The second-order valence-corrected chi connectivity index (χ2v) is 6.80. The average Bonchev–Trinajstić information content (AvgIpc) is 2.94. The number of benzene rings is 1. The summed E-state index contributed by atoms with van der Waals surface area (Å²) in [5.74, 6) is 0.671. The smallest absolute Gasteiger partial charge is 0.0534 e. The summed E-state index contributed by atoms with van der Waals surface area (Å²) in [5, 5.41) is 0. The first-order valence-corrected chi connectivity index (χ1v) is 7.45. The van der Waals surface area contributed by atoms with E-state index in [1.165, 1.54) is 24.8 Å². The fourth-order valence-corrected chi connectivity index (χ4v) is 4.02. The van der Waals surface area contributed by atoms with E-state index in [9.17, 15) is 0 Å². The molecule has 0 unspecified atom stereocenters. The van der Waals surface area contributed by atoms with Crippen LogP contribution in [0.4, 0.5) is 0 Å². The molecular weight excluding hydrogens is 232 g/mol. The van der Waals surface area contributed by atoms with Crippen molar-refractivity contribution in [1.82, 2.24) is 0 Å². The summed E-state index contributed by atoms with van der Waals surface area (Å²) in [6, 6.07) is 10.6. The lowest BCUT2D eigenvalue weighted by atomic mass is 9.62. The zero-order chi connectivity index (χ0) is 13.3. The number of allylic oxidation sites excluding steroid dienone is 1. The topological polar surface area (TPSA) is 9.23 Å². The maximum absolute atomic E-state index is 5.85. The van der Waals surface area contributed by atoms with Crippen molar-refractivity contribution in [2.45, 2.75) is 33.1 Å². The first kappa shape index (κ1) is 12.9. The van der Waals surface area contributed by atoms with Gasteiger partial charge in [-0.3, -0.25) is 0 Å². The molecule has 1 aromatic rings. The Morgan fingerprint density at radius 1 is 1.16 bits per heavy atom. The van der Waals surface area contributed by atoms with Gasteiger partial charge in [-0.1, -0.05) is 62.8 Å². The standard InChI is InChI=1S/C18H24O/c1-17(2)13-19-14-18(17)12-6-9-16(18)11-10-15-7-4-3-5-8-15/h3-5,7-8,10-11,16H,6,9,12-14H2,1-2H3/b11-10+/t16-,18-/m0/s1. The van der Waals surface area contributed by atoms with Crippen LogP contribution in [0.25, 0.3) is 6.08 Å². The van der Waals surface area contributed by atoms with Crippen LogP contribution in [0.2, 0.25) is 0 Å². The summed E-state index contributed by atoms with van der Waals surface area (Å²) in [4.78, 5) is 0. The summed E-state index contributed by atoms with van der Waals surface area (Å²) in [6.07, 6.45) is 8.72. The van der Waals surface area contributed by atoms with Crippen LogP contribution in [-0.2, 0) is 4.74 Å². The maximum atomic E-state index is 5.85. The van der Waals surface area contributed by atoms with Gasteiger partial charge in [-0.05, 0) is 29.7 Å². The zero-order valence-electron chi connectivity index (χ0n) is 12.1. The Morgan fingerprint density at radius 2 is 1.95 bits per heavy atom.